The summed E-state index contributed by atoms with van der Waals surface area (Å²) in [6.45, 7) is 3.42. The molecule has 1 atom stereocenters. The van der Waals surface area contributed by atoms with Crippen LogP contribution in [0.5, 0.6) is 0 Å². The minimum Gasteiger partial charge on any atom is -0.467 e. The van der Waals surface area contributed by atoms with Crippen LogP contribution in [0.15, 0.2) is 47.1 Å². The Kier molecular flexibility index (Phi) is 4.70. The Morgan fingerprint density at radius 1 is 1.33 bits per heavy atom. The van der Waals surface area contributed by atoms with Crippen LogP contribution in [0.4, 0.5) is 0 Å². The third-order valence-corrected chi connectivity index (χ3v) is 3.76. The number of halogens is 1. The molecule has 0 saturated heterocycles. The zero-order valence-electron chi connectivity index (χ0n) is 12.0. The highest BCUT2D eigenvalue weighted by molar-refractivity contribution is 6.30. The quantitative estimate of drug-likeness (QED) is 0.892. The lowest BCUT2D eigenvalue weighted by Gasteiger charge is -2.26. The normalized spacial score (nSPS) is 13.0. The topological polar surface area (TPSA) is 62.5 Å². The molecule has 0 fully saturated rings. The summed E-state index contributed by atoms with van der Waals surface area (Å²) < 4.78 is 5.23. The molecule has 0 aliphatic carbocycles. The summed E-state index contributed by atoms with van der Waals surface area (Å²) in [6.07, 6.45) is 1.51. The molecule has 1 aromatic heterocycles. The summed E-state index contributed by atoms with van der Waals surface area (Å²) in [5.41, 5.74) is 0.102. The molecule has 0 aliphatic heterocycles. The molecule has 21 heavy (non-hydrogen) atoms. The third kappa shape index (κ3) is 3.46. The predicted octanol–water partition coefficient (Wildman–Crippen LogP) is 3.06. The molecule has 1 aromatic carbocycles. The molecule has 0 aliphatic rings. The number of aliphatic hydroxyl groups excluding tert-OH is 1. The summed E-state index contributed by atoms with van der Waals surface area (Å²) in [7, 11) is 0. The first-order chi connectivity index (χ1) is 9.95. The molecule has 0 bridgehead atoms. The maximum atomic E-state index is 12.5. The van der Waals surface area contributed by atoms with Crippen LogP contribution in [0.3, 0.4) is 0 Å². The molecule has 0 radical (unpaired) electrons. The number of hydrogen-bond acceptors (Lipinski definition) is 3. The van der Waals surface area contributed by atoms with Gasteiger partial charge >= 0.3 is 0 Å². The van der Waals surface area contributed by atoms with E-state index in [-0.39, 0.29) is 12.5 Å². The number of benzene rings is 1. The van der Waals surface area contributed by atoms with Crippen LogP contribution in [0.25, 0.3) is 0 Å². The van der Waals surface area contributed by atoms with Crippen LogP contribution >= 0.6 is 11.6 Å². The van der Waals surface area contributed by atoms with Crippen molar-refractivity contribution < 1.29 is 14.3 Å². The Hall–Kier alpha value is -1.78. The molecular weight excluding hydrogens is 290 g/mol. The van der Waals surface area contributed by atoms with Gasteiger partial charge in [-0.05, 0) is 43.7 Å². The number of furan rings is 1. The summed E-state index contributed by atoms with van der Waals surface area (Å²) >= 11 is 5.87. The van der Waals surface area contributed by atoms with Gasteiger partial charge in [0.2, 0.25) is 5.91 Å². The molecule has 2 rings (SSSR count). The second-order valence-electron chi connectivity index (χ2n) is 5.36. The Morgan fingerprint density at radius 3 is 2.52 bits per heavy atom. The van der Waals surface area contributed by atoms with E-state index < -0.39 is 11.5 Å². The van der Waals surface area contributed by atoms with Gasteiger partial charge < -0.3 is 14.8 Å². The van der Waals surface area contributed by atoms with E-state index in [0.29, 0.717) is 10.8 Å². The molecule has 112 valence electrons. The van der Waals surface area contributed by atoms with Crippen molar-refractivity contribution in [3.05, 3.63) is 59.0 Å². The number of carbonyl (C=O) groups is 1. The van der Waals surface area contributed by atoms with E-state index in [1.807, 2.05) is 26.0 Å². The third-order valence-electron chi connectivity index (χ3n) is 3.51. The lowest BCUT2D eigenvalue weighted by atomic mass is 9.83. The summed E-state index contributed by atoms with van der Waals surface area (Å²) in [6, 6.07) is 10.0. The first-order valence-electron chi connectivity index (χ1n) is 6.66. The smallest absolute Gasteiger partial charge is 0.230 e. The molecule has 0 saturated carbocycles. The highest BCUT2D eigenvalue weighted by Gasteiger charge is 2.31. The van der Waals surface area contributed by atoms with Crippen LogP contribution in [0.1, 0.15) is 31.2 Å². The number of nitrogens with one attached hydrogen (secondary N) is 1. The zero-order chi connectivity index (χ0) is 15.5. The van der Waals surface area contributed by atoms with Crippen molar-refractivity contribution in [1.29, 1.82) is 0 Å². The van der Waals surface area contributed by atoms with Gasteiger partial charge in [-0.15, -0.1) is 0 Å². The van der Waals surface area contributed by atoms with Crippen molar-refractivity contribution in [3.63, 3.8) is 0 Å². The molecular formula is C16H18ClNO3. The van der Waals surface area contributed by atoms with Gasteiger partial charge in [-0.3, -0.25) is 4.79 Å². The van der Waals surface area contributed by atoms with Crippen molar-refractivity contribution in [2.45, 2.75) is 25.3 Å². The lowest BCUT2D eigenvalue weighted by molar-refractivity contribution is -0.126. The van der Waals surface area contributed by atoms with E-state index in [0.717, 1.165) is 5.56 Å². The highest BCUT2D eigenvalue weighted by Crippen LogP contribution is 2.26. The van der Waals surface area contributed by atoms with Crippen LogP contribution in [0.2, 0.25) is 5.02 Å². The van der Waals surface area contributed by atoms with Crippen molar-refractivity contribution in [2.24, 2.45) is 0 Å². The molecule has 5 heteroatoms. The average Bonchev–Trinajstić information content (AvgIpc) is 2.98. The monoisotopic (exact) mass is 307 g/mol. The van der Waals surface area contributed by atoms with Gasteiger partial charge in [-0.2, -0.15) is 0 Å². The minimum absolute atomic E-state index is 0.194. The van der Waals surface area contributed by atoms with Crippen LogP contribution in [0, 0.1) is 0 Å². The Morgan fingerprint density at radius 2 is 2.00 bits per heavy atom. The van der Waals surface area contributed by atoms with Crippen LogP contribution < -0.4 is 5.32 Å². The number of carbonyl (C=O) groups excluding carboxylic acids is 1. The average molecular weight is 308 g/mol. The number of aliphatic hydroxyl groups is 1. The SMILES string of the molecule is CC(C)(C(=O)NC(CO)c1ccco1)c1ccc(Cl)cc1. The second kappa shape index (κ2) is 6.33. The van der Waals surface area contributed by atoms with Crippen LogP contribution in [-0.4, -0.2) is 17.6 Å². The molecule has 4 nitrogen and oxygen atoms in total. The molecule has 0 spiro atoms. The van der Waals surface area contributed by atoms with E-state index >= 15 is 0 Å². The van der Waals surface area contributed by atoms with Gasteiger partial charge in [0, 0.05) is 5.02 Å². The molecule has 1 unspecified atom stereocenters. The zero-order valence-corrected chi connectivity index (χ0v) is 12.7. The fourth-order valence-corrected chi connectivity index (χ4v) is 2.16. The first-order valence-corrected chi connectivity index (χ1v) is 7.04. The Balaban J connectivity index is 2.16. The second-order valence-corrected chi connectivity index (χ2v) is 5.79. The molecule has 2 N–H and O–H groups in total. The summed E-state index contributed by atoms with van der Waals surface area (Å²) in [5, 5.41) is 12.9. The maximum Gasteiger partial charge on any atom is 0.230 e. The van der Waals surface area contributed by atoms with Gasteiger partial charge in [0.1, 0.15) is 11.8 Å². The van der Waals surface area contributed by atoms with E-state index in [1.54, 1.807) is 24.3 Å². The fraction of sp³-hybridized carbons (Fsp3) is 0.312. The maximum absolute atomic E-state index is 12.5. The highest BCUT2D eigenvalue weighted by atomic mass is 35.5. The predicted molar refractivity (Wildman–Crippen MR) is 81.2 cm³/mol. The first kappa shape index (κ1) is 15.6. The van der Waals surface area contributed by atoms with Gasteiger partial charge in [-0.1, -0.05) is 23.7 Å². The number of hydrogen-bond donors (Lipinski definition) is 2. The number of amides is 1. The lowest BCUT2D eigenvalue weighted by Crippen LogP contribution is -2.42. The molecule has 1 amide bonds. The molecule has 1 heterocycles. The van der Waals surface area contributed by atoms with Crippen molar-refractivity contribution >= 4 is 17.5 Å². The van der Waals surface area contributed by atoms with E-state index in [4.69, 9.17) is 16.0 Å². The Bertz CT molecular complexity index is 590. The molecule has 2 aromatic rings. The van der Waals surface area contributed by atoms with E-state index in [2.05, 4.69) is 5.32 Å². The standard InChI is InChI=1S/C16H18ClNO3/c1-16(2,11-5-7-12(17)8-6-11)15(20)18-13(10-19)14-4-3-9-21-14/h3-9,13,19H,10H2,1-2H3,(H,18,20). The fourth-order valence-electron chi connectivity index (χ4n) is 2.03. The summed E-state index contributed by atoms with van der Waals surface area (Å²) in [5.74, 6) is 0.332. The summed E-state index contributed by atoms with van der Waals surface area (Å²) in [4.78, 5) is 12.5. The van der Waals surface area contributed by atoms with Crippen molar-refractivity contribution in [2.75, 3.05) is 6.61 Å². The van der Waals surface area contributed by atoms with E-state index in [1.165, 1.54) is 6.26 Å². The Labute approximate surface area is 128 Å². The van der Waals surface area contributed by atoms with Gasteiger partial charge in [0.05, 0.1) is 18.3 Å². The van der Waals surface area contributed by atoms with Crippen LogP contribution in [-0.2, 0) is 10.2 Å². The van der Waals surface area contributed by atoms with Crippen molar-refractivity contribution in [3.8, 4) is 0 Å². The number of rotatable bonds is 5. The van der Waals surface area contributed by atoms with Gasteiger partial charge in [0.25, 0.3) is 0 Å². The van der Waals surface area contributed by atoms with Crippen molar-refractivity contribution in [1.82, 2.24) is 5.32 Å². The van der Waals surface area contributed by atoms with Gasteiger partial charge in [0.15, 0.2) is 0 Å². The largest absolute Gasteiger partial charge is 0.467 e. The van der Waals surface area contributed by atoms with E-state index in [9.17, 15) is 9.90 Å². The van der Waals surface area contributed by atoms with Gasteiger partial charge in [-0.25, -0.2) is 0 Å². The minimum atomic E-state index is -0.745.